The van der Waals surface area contributed by atoms with Gasteiger partial charge in [0.1, 0.15) is 11.6 Å². The van der Waals surface area contributed by atoms with Crippen LogP contribution >= 0.6 is 11.3 Å². The molecule has 0 aliphatic rings. The van der Waals surface area contributed by atoms with E-state index in [0.29, 0.717) is 6.21 Å². The molecule has 0 atom stereocenters. The van der Waals surface area contributed by atoms with E-state index >= 15 is 0 Å². The number of aliphatic hydroxyl groups is 1. The Morgan fingerprint density at radius 3 is 2.43 bits per heavy atom. The molecule has 0 bridgehead atoms. The number of aliphatic hydroxyl groups excluding tert-OH is 1. The van der Waals surface area contributed by atoms with E-state index in [0.717, 1.165) is 17.4 Å². The fourth-order valence-corrected chi connectivity index (χ4v) is 2.30. The Hall–Kier alpha value is -2.48. The fourth-order valence-electron chi connectivity index (χ4n) is 1.62. The highest BCUT2D eigenvalue weighted by Gasteiger charge is 2.41. The maximum atomic E-state index is 13.5. The van der Waals surface area contributed by atoms with Crippen molar-refractivity contribution in [1.82, 2.24) is 0 Å². The Kier molecular flexibility index (Phi) is 4.95. The van der Waals surface area contributed by atoms with E-state index < -0.39 is 29.1 Å². The number of carbonyl (C=O) groups excluding carboxylic acids is 1. The van der Waals surface area contributed by atoms with Crippen molar-refractivity contribution >= 4 is 34.8 Å². The maximum Gasteiger partial charge on any atom is 0.455 e. The van der Waals surface area contributed by atoms with Crippen molar-refractivity contribution in [2.24, 2.45) is 4.99 Å². The van der Waals surface area contributed by atoms with Crippen molar-refractivity contribution in [1.29, 1.82) is 0 Å². The zero-order chi connectivity index (χ0) is 17.0. The van der Waals surface area contributed by atoms with Gasteiger partial charge in [-0.3, -0.25) is 9.79 Å². The SMILES string of the molecule is O=C(/C(C=Nc1ccccc1F)=C(/O)c1cccs1)C(F)(F)F. The van der Waals surface area contributed by atoms with Crippen LogP contribution in [-0.2, 0) is 4.79 Å². The minimum absolute atomic E-state index is 0.0672. The summed E-state index contributed by atoms with van der Waals surface area (Å²) in [6.45, 7) is 0. The van der Waals surface area contributed by atoms with Gasteiger partial charge in [-0.05, 0) is 23.6 Å². The predicted molar refractivity (Wildman–Crippen MR) is 79.5 cm³/mol. The molecule has 120 valence electrons. The number of hydrogen-bond acceptors (Lipinski definition) is 4. The van der Waals surface area contributed by atoms with Crippen LogP contribution in [-0.4, -0.2) is 23.3 Å². The summed E-state index contributed by atoms with van der Waals surface area (Å²) in [4.78, 5) is 15.1. The zero-order valence-corrected chi connectivity index (χ0v) is 12.2. The van der Waals surface area contributed by atoms with Gasteiger partial charge in [-0.25, -0.2) is 4.39 Å². The maximum absolute atomic E-state index is 13.5. The van der Waals surface area contributed by atoms with Crippen molar-refractivity contribution in [3.63, 3.8) is 0 Å². The number of rotatable bonds is 4. The first kappa shape index (κ1) is 16.9. The van der Waals surface area contributed by atoms with Crippen molar-refractivity contribution in [2.75, 3.05) is 0 Å². The number of thiophene rings is 1. The fraction of sp³-hybridized carbons (Fsp3) is 0.0667. The number of Topliss-reactive ketones (excluding diaryl/α,β-unsaturated/α-hetero) is 1. The minimum atomic E-state index is -5.19. The van der Waals surface area contributed by atoms with Crippen LogP contribution in [0.2, 0.25) is 0 Å². The topological polar surface area (TPSA) is 49.7 Å². The molecule has 3 nitrogen and oxygen atoms in total. The van der Waals surface area contributed by atoms with Crippen LogP contribution in [0.15, 0.2) is 52.3 Å². The number of hydrogen-bond donors (Lipinski definition) is 1. The molecule has 0 amide bonds. The quantitative estimate of drug-likeness (QED) is 0.379. The number of aliphatic imine (C=N–C) groups is 1. The Bertz CT molecular complexity index is 764. The van der Waals surface area contributed by atoms with Crippen molar-refractivity contribution in [3.05, 3.63) is 58.0 Å². The third-order valence-corrected chi connectivity index (χ3v) is 3.57. The second-order valence-electron chi connectivity index (χ2n) is 4.28. The highest BCUT2D eigenvalue weighted by molar-refractivity contribution is 7.11. The van der Waals surface area contributed by atoms with Crippen LogP contribution in [0.3, 0.4) is 0 Å². The van der Waals surface area contributed by atoms with Gasteiger partial charge in [-0.15, -0.1) is 11.3 Å². The summed E-state index contributed by atoms with van der Waals surface area (Å²) in [5, 5.41) is 11.5. The lowest BCUT2D eigenvalue weighted by Crippen LogP contribution is -2.26. The average Bonchev–Trinajstić information content (AvgIpc) is 3.02. The van der Waals surface area contributed by atoms with Crippen LogP contribution < -0.4 is 0 Å². The molecule has 0 fully saturated rings. The molecular formula is C15H9F4NO2S. The highest BCUT2D eigenvalue weighted by Crippen LogP contribution is 2.27. The number of nitrogens with zero attached hydrogens (tertiary/aromatic N) is 1. The summed E-state index contributed by atoms with van der Waals surface area (Å²) in [6, 6.07) is 7.96. The van der Waals surface area contributed by atoms with Gasteiger partial charge in [-0.2, -0.15) is 13.2 Å². The number of benzene rings is 1. The second-order valence-corrected chi connectivity index (χ2v) is 5.22. The van der Waals surface area contributed by atoms with E-state index in [-0.39, 0.29) is 10.6 Å². The largest absolute Gasteiger partial charge is 0.506 e. The van der Waals surface area contributed by atoms with Gasteiger partial charge in [0.15, 0.2) is 0 Å². The van der Waals surface area contributed by atoms with E-state index in [1.165, 1.54) is 35.7 Å². The molecule has 2 aromatic rings. The highest BCUT2D eigenvalue weighted by atomic mass is 32.1. The number of halogens is 4. The molecule has 0 unspecified atom stereocenters. The molecule has 1 N–H and O–H groups in total. The standard InChI is InChI=1S/C15H9F4NO2S/c16-10-4-1-2-5-11(10)20-8-9(14(22)15(17,18)19)13(21)12-6-3-7-23-12/h1-8,21H/b13-9+,20-8?. The summed E-state index contributed by atoms with van der Waals surface area (Å²) in [5.74, 6) is -3.89. The number of allylic oxidation sites excluding steroid dienone is 1. The number of carbonyl (C=O) groups is 1. The number of alkyl halides is 3. The van der Waals surface area contributed by atoms with Gasteiger partial charge >= 0.3 is 6.18 Å². The molecule has 0 aliphatic heterocycles. The summed E-state index contributed by atoms with van der Waals surface area (Å²) in [7, 11) is 0. The van der Waals surface area contributed by atoms with E-state index in [2.05, 4.69) is 4.99 Å². The van der Waals surface area contributed by atoms with E-state index in [1.807, 2.05) is 0 Å². The second kappa shape index (κ2) is 6.74. The summed E-state index contributed by atoms with van der Waals surface area (Å²) < 4.78 is 51.5. The van der Waals surface area contributed by atoms with E-state index in [1.54, 1.807) is 0 Å². The third-order valence-electron chi connectivity index (χ3n) is 2.70. The first-order chi connectivity index (χ1) is 10.8. The van der Waals surface area contributed by atoms with Crippen molar-refractivity contribution < 1.29 is 27.5 Å². The lowest BCUT2D eigenvalue weighted by Gasteiger charge is -2.08. The molecule has 2 rings (SSSR count). The van der Waals surface area contributed by atoms with Crippen LogP contribution in [0.5, 0.6) is 0 Å². The molecule has 0 saturated heterocycles. The van der Waals surface area contributed by atoms with E-state index in [9.17, 15) is 27.5 Å². The first-order valence-corrected chi connectivity index (χ1v) is 7.06. The summed E-state index contributed by atoms with van der Waals surface area (Å²) in [6.07, 6.45) is -4.68. The Labute approximate surface area is 132 Å². The van der Waals surface area contributed by atoms with Crippen LogP contribution in [0.1, 0.15) is 4.88 Å². The molecule has 0 radical (unpaired) electrons. The first-order valence-electron chi connectivity index (χ1n) is 6.18. The molecular weight excluding hydrogens is 334 g/mol. The molecule has 23 heavy (non-hydrogen) atoms. The molecule has 1 aromatic carbocycles. The van der Waals surface area contributed by atoms with Crippen molar-refractivity contribution in [3.8, 4) is 0 Å². The van der Waals surface area contributed by atoms with Crippen molar-refractivity contribution in [2.45, 2.75) is 6.18 Å². The lowest BCUT2D eigenvalue weighted by atomic mass is 10.1. The average molecular weight is 343 g/mol. The normalized spacial score (nSPS) is 13.2. The van der Waals surface area contributed by atoms with Gasteiger partial charge in [0.25, 0.3) is 5.78 Å². The smallest absolute Gasteiger partial charge is 0.455 e. The minimum Gasteiger partial charge on any atom is -0.506 e. The predicted octanol–water partition coefficient (Wildman–Crippen LogP) is 4.69. The van der Waals surface area contributed by atoms with Gasteiger partial charge in [-0.1, -0.05) is 18.2 Å². The molecule has 0 aliphatic carbocycles. The third kappa shape index (κ3) is 4.04. The lowest BCUT2D eigenvalue weighted by molar-refractivity contribution is -0.165. The van der Waals surface area contributed by atoms with Gasteiger partial charge in [0.05, 0.1) is 16.1 Å². The van der Waals surface area contributed by atoms with E-state index in [4.69, 9.17) is 0 Å². The van der Waals surface area contributed by atoms with Crippen LogP contribution in [0, 0.1) is 5.82 Å². The summed E-state index contributed by atoms with van der Waals surface area (Å²) >= 11 is 0.949. The number of para-hydroxylation sites is 1. The molecule has 8 heteroatoms. The monoisotopic (exact) mass is 343 g/mol. The molecule has 1 aromatic heterocycles. The Morgan fingerprint density at radius 1 is 1.17 bits per heavy atom. The summed E-state index contributed by atoms with van der Waals surface area (Å²) in [5.41, 5.74) is -1.30. The van der Waals surface area contributed by atoms with Crippen LogP contribution in [0.4, 0.5) is 23.2 Å². The molecule has 1 heterocycles. The number of ketones is 1. The van der Waals surface area contributed by atoms with Gasteiger partial charge in [0.2, 0.25) is 0 Å². The van der Waals surface area contributed by atoms with Gasteiger partial charge < -0.3 is 5.11 Å². The Balaban J connectivity index is 2.49. The van der Waals surface area contributed by atoms with Crippen LogP contribution in [0.25, 0.3) is 5.76 Å². The molecule has 0 saturated carbocycles. The van der Waals surface area contributed by atoms with Gasteiger partial charge in [0, 0.05) is 6.21 Å². The Morgan fingerprint density at radius 2 is 1.87 bits per heavy atom. The zero-order valence-electron chi connectivity index (χ0n) is 11.3. The molecule has 0 spiro atoms.